The van der Waals surface area contributed by atoms with Crippen LogP contribution in [0.5, 0.6) is 0 Å². The fraction of sp³-hybridized carbons (Fsp3) is 0.375. The third-order valence-electron chi connectivity index (χ3n) is 3.95. The van der Waals surface area contributed by atoms with Gasteiger partial charge in [-0.05, 0) is 25.5 Å². The van der Waals surface area contributed by atoms with E-state index in [0.29, 0.717) is 17.3 Å². The summed E-state index contributed by atoms with van der Waals surface area (Å²) in [5.41, 5.74) is -2.08. The minimum absolute atomic E-state index is 0.300. The number of para-hydroxylation sites is 1. The molecule has 1 amide bonds. The Morgan fingerprint density at radius 1 is 1.29 bits per heavy atom. The monoisotopic (exact) mass is 333 g/mol. The van der Waals surface area contributed by atoms with Crippen LogP contribution < -0.4 is 16.6 Å². The molecular formula is C16H19N3O5. The molecule has 1 aromatic carbocycles. The lowest BCUT2D eigenvalue weighted by Gasteiger charge is -2.26. The molecule has 2 rings (SSSR count). The Hall–Kier alpha value is -2.90. The topological polar surface area (TPSA) is 110 Å². The molecule has 0 bridgehead atoms. The standard InChI is InChI=1S/C16H19N3O5/c1-4-16(2,14(22)24-3)18-12(20)9-19-13(21)10-7-5-6-8-11(10)17-15(19)23/h5-8H,4,9H2,1-3H3,(H,17,23)(H,18,20)/t16-/m0/s1. The summed E-state index contributed by atoms with van der Waals surface area (Å²) in [6.07, 6.45) is 0.300. The summed E-state index contributed by atoms with van der Waals surface area (Å²) in [4.78, 5) is 51.0. The normalized spacial score (nSPS) is 13.3. The number of aromatic amines is 1. The van der Waals surface area contributed by atoms with E-state index in [1.54, 1.807) is 31.2 Å². The Morgan fingerprint density at radius 3 is 2.58 bits per heavy atom. The summed E-state index contributed by atoms with van der Waals surface area (Å²) in [6.45, 7) is 2.74. The van der Waals surface area contributed by atoms with Crippen LogP contribution in [0.4, 0.5) is 0 Å². The van der Waals surface area contributed by atoms with E-state index in [1.807, 2.05) is 0 Å². The predicted molar refractivity (Wildman–Crippen MR) is 87.7 cm³/mol. The molecule has 0 aliphatic heterocycles. The van der Waals surface area contributed by atoms with Gasteiger partial charge in [-0.25, -0.2) is 9.59 Å². The number of carbonyl (C=O) groups is 2. The molecule has 0 unspecified atom stereocenters. The highest BCUT2D eigenvalue weighted by molar-refractivity contribution is 5.87. The van der Waals surface area contributed by atoms with Gasteiger partial charge in [0, 0.05) is 0 Å². The van der Waals surface area contributed by atoms with E-state index < -0.39 is 35.2 Å². The van der Waals surface area contributed by atoms with Gasteiger partial charge in [0.2, 0.25) is 5.91 Å². The van der Waals surface area contributed by atoms with Crippen molar-refractivity contribution >= 4 is 22.8 Å². The first-order chi connectivity index (χ1) is 11.3. The Labute approximate surface area is 137 Å². The zero-order valence-corrected chi connectivity index (χ0v) is 13.7. The first kappa shape index (κ1) is 17.5. The van der Waals surface area contributed by atoms with E-state index in [-0.39, 0.29) is 0 Å². The number of methoxy groups -OCH3 is 1. The number of aromatic nitrogens is 2. The number of amides is 1. The second-order valence-corrected chi connectivity index (χ2v) is 5.59. The van der Waals surface area contributed by atoms with Crippen molar-refractivity contribution in [3.63, 3.8) is 0 Å². The third-order valence-corrected chi connectivity index (χ3v) is 3.95. The van der Waals surface area contributed by atoms with Crippen LogP contribution in [0, 0.1) is 0 Å². The van der Waals surface area contributed by atoms with Gasteiger partial charge in [-0.2, -0.15) is 0 Å². The van der Waals surface area contributed by atoms with Crippen molar-refractivity contribution in [3.8, 4) is 0 Å². The van der Waals surface area contributed by atoms with Crippen LogP contribution in [0.2, 0.25) is 0 Å². The van der Waals surface area contributed by atoms with Gasteiger partial charge in [-0.15, -0.1) is 0 Å². The van der Waals surface area contributed by atoms with E-state index >= 15 is 0 Å². The Kier molecular flexibility index (Phi) is 4.87. The number of H-pyrrole nitrogens is 1. The number of hydrogen-bond donors (Lipinski definition) is 2. The lowest BCUT2D eigenvalue weighted by atomic mass is 9.99. The number of benzene rings is 1. The summed E-state index contributed by atoms with van der Waals surface area (Å²) >= 11 is 0. The number of hydrogen-bond acceptors (Lipinski definition) is 5. The molecule has 1 atom stereocenters. The van der Waals surface area contributed by atoms with E-state index in [0.717, 1.165) is 4.57 Å². The van der Waals surface area contributed by atoms with Gasteiger partial charge in [0.1, 0.15) is 12.1 Å². The Morgan fingerprint density at radius 2 is 1.96 bits per heavy atom. The van der Waals surface area contributed by atoms with Crippen LogP contribution in [-0.4, -0.2) is 34.1 Å². The maximum absolute atomic E-state index is 12.4. The smallest absolute Gasteiger partial charge is 0.331 e. The molecule has 1 heterocycles. The van der Waals surface area contributed by atoms with Gasteiger partial charge in [0.15, 0.2) is 0 Å². The van der Waals surface area contributed by atoms with Gasteiger partial charge in [0.05, 0.1) is 18.0 Å². The van der Waals surface area contributed by atoms with Gasteiger partial charge in [-0.1, -0.05) is 19.1 Å². The lowest BCUT2D eigenvalue weighted by molar-refractivity contribution is -0.150. The molecule has 2 aromatic rings. The minimum Gasteiger partial charge on any atom is -0.467 e. The molecule has 1 aromatic heterocycles. The number of fused-ring (bicyclic) bond motifs is 1. The molecule has 0 aliphatic rings. The summed E-state index contributed by atoms with van der Waals surface area (Å²) in [7, 11) is 1.22. The second kappa shape index (κ2) is 6.69. The second-order valence-electron chi connectivity index (χ2n) is 5.59. The molecule has 0 saturated carbocycles. The van der Waals surface area contributed by atoms with Crippen LogP contribution in [-0.2, 0) is 20.9 Å². The highest BCUT2D eigenvalue weighted by atomic mass is 16.5. The molecule has 2 N–H and O–H groups in total. The van der Waals surface area contributed by atoms with Crippen molar-refractivity contribution in [1.82, 2.24) is 14.9 Å². The van der Waals surface area contributed by atoms with Crippen molar-refractivity contribution in [1.29, 1.82) is 0 Å². The van der Waals surface area contributed by atoms with E-state index in [1.165, 1.54) is 14.0 Å². The average molecular weight is 333 g/mol. The van der Waals surface area contributed by atoms with Crippen LogP contribution in [0.3, 0.4) is 0 Å². The number of ether oxygens (including phenoxy) is 1. The molecule has 0 fully saturated rings. The number of carbonyl (C=O) groups excluding carboxylic acids is 2. The van der Waals surface area contributed by atoms with Crippen molar-refractivity contribution < 1.29 is 14.3 Å². The molecule has 8 nitrogen and oxygen atoms in total. The predicted octanol–water partition coefficient (Wildman–Crippen LogP) is 0.148. The molecule has 128 valence electrons. The van der Waals surface area contributed by atoms with Gasteiger partial charge in [-0.3, -0.25) is 14.2 Å². The molecule has 0 saturated heterocycles. The van der Waals surface area contributed by atoms with E-state index in [9.17, 15) is 19.2 Å². The number of nitrogens with one attached hydrogen (secondary N) is 2. The molecule has 0 aliphatic carbocycles. The maximum Gasteiger partial charge on any atom is 0.331 e. The zero-order chi connectivity index (χ0) is 17.9. The fourth-order valence-electron chi connectivity index (χ4n) is 2.34. The minimum atomic E-state index is -1.22. The van der Waals surface area contributed by atoms with Crippen LogP contribution in [0.1, 0.15) is 20.3 Å². The third kappa shape index (κ3) is 3.22. The zero-order valence-electron chi connectivity index (χ0n) is 13.7. The first-order valence-electron chi connectivity index (χ1n) is 7.43. The largest absolute Gasteiger partial charge is 0.467 e. The van der Waals surface area contributed by atoms with Crippen molar-refractivity contribution in [2.75, 3.05) is 7.11 Å². The van der Waals surface area contributed by atoms with Gasteiger partial charge < -0.3 is 15.0 Å². The molecule has 8 heteroatoms. The van der Waals surface area contributed by atoms with E-state index in [4.69, 9.17) is 0 Å². The SMILES string of the molecule is CC[C@](C)(NC(=O)Cn1c(=O)[nH]c2ccccc2c1=O)C(=O)OC. The van der Waals surface area contributed by atoms with Crippen LogP contribution in [0.25, 0.3) is 10.9 Å². The van der Waals surface area contributed by atoms with E-state index in [2.05, 4.69) is 15.0 Å². The first-order valence-corrected chi connectivity index (χ1v) is 7.43. The quantitative estimate of drug-likeness (QED) is 0.757. The fourth-order valence-corrected chi connectivity index (χ4v) is 2.34. The summed E-state index contributed by atoms with van der Waals surface area (Å²) in [5.74, 6) is -1.23. The number of rotatable bonds is 5. The Bertz CT molecular complexity index is 898. The maximum atomic E-state index is 12.4. The van der Waals surface area contributed by atoms with Crippen LogP contribution >= 0.6 is 0 Å². The van der Waals surface area contributed by atoms with Crippen molar-refractivity contribution in [2.24, 2.45) is 0 Å². The van der Waals surface area contributed by atoms with Gasteiger partial charge in [0.25, 0.3) is 5.56 Å². The summed E-state index contributed by atoms with van der Waals surface area (Å²) in [5, 5.41) is 2.82. The van der Waals surface area contributed by atoms with Crippen molar-refractivity contribution in [2.45, 2.75) is 32.4 Å². The highest BCUT2D eigenvalue weighted by Gasteiger charge is 2.34. The van der Waals surface area contributed by atoms with Crippen molar-refractivity contribution in [3.05, 3.63) is 45.1 Å². The molecule has 0 spiro atoms. The molecular weight excluding hydrogens is 314 g/mol. The van der Waals surface area contributed by atoms with Crippen LogP contribution in [0.15, 0.2) is 33.9 Å². The lowest BCUT2D eigenvalue weighted by Crippen LogP contribution is -2.54. The highest BCUT2D eigenvalue weighted by Crippen LogP contribution is 2.11. The average Bonchev–Trinajstić information content (AvgIpc) is 2.57. The molecule has 24 heavy (non-hydrogen) atoms. The number of nitrogens with zero attached hydrogens (tertiary/aromatic N) is 1. The Balaban J connectivity index is 2.33. The van der Waals surface area contributed by atoms with Gasteiger partial charge >= 0.3 is 11.7 Å². The number of esters is 1. The summed E-state index contributed by atoms with van der Waals surface area (Å²) < 4.78 is 5.47. The summed E-state index contributed by atoms with van der Waals surface area (Å²) in [6, 6.07) is 6.52. The molecule has 0 radical (unpaired) electrons.